The molecule has 0 saturated carbocycles. The van der Waals surface area contributed by atoms with Crippen LogP contribution in [0.3, 0.4) is 0 Å². The Bertz CT molecular complexity index is 820. The largest absolute Gasteiger partial charge is 0.358 e. The molecule has 0 heterocycles. The van der Waals surface area contributed by atoms with E-state index in [0.717, 1.165) is 14.7 Å². The lowest BCUT2D eigenvalue weighted by atomic mass is 9.81. The Morgan fingerprint density at radius 2 is 1.17 bits per heavy atom. The molecule has 24 heavy (non-hydrogen) atoms. The molecule has 0 nitrogen and oxygen atoms in total. The molecule has 130 valence electrons. The zero-order valence-corrected chi connectivity index (χ0v) is 18.7. The van der Waals surface area contributed by atoms with Crippen molar-refractivity contribution in [1.29, 1.82) is 0 Å². The van der Waals surface area contributed by atoms with E-state index >= 15 is 0 Å². The second-order valence-corrected chi connectivity index (χ2v) is 11.4. The molecule has 0 aliphatic carbocycles. The van der Waals surface area contributed by atoms with E-state index < -0.39 is 21.2 Å². The highest BCUT2D eigenvalue weighted by Crippen LogP contribution is 2.28. The summed E-state index contributed by atoms with van der Waals surface area (Å²) in [5, 5.41) is 0. The second kappa shape index (κ2) is 6.82. The second-order valence-electron chi connectivity index (χ2n) is 8.75. The van der Waals surface area contributed by atoms with Crippen LogP contribution in [0.5, 0.6) is 0 Å². The molecule has 0 aliphatic heterocycles. The van der Waals surface area contributed by atoms with Crippen LogP contribution in [0.1, 0.15) is 73.5 Å². The lowest BCUT2D eigenvalue weighted by Crippen LogP contribution is -3.62. The molecule has 2 rings (SSSR count). The molecule has 0 atom stereocenters. The minimum atomic E-state index is -0.672. The van der Waals surface area contributed by atoms with Crippen molar-refractivity contribution in [1.82, 2.24) is 0 Å². The fourth-order valence-corrected chi connectivity index (χ4v) is 5.15. The Kier molecular flexibility index (Phi) is 4.38. The Morgan fingerprint density at radius 1 is 0.750 bits per heavy atom. The first-order valence-corrected chi connectivity index (χ1v) is 10.7. The minimum Gasteiger partial charge on any atom is -0.0561 e. The fourth-order valence-electron chi connectivity index (χ4n) is 2.64. The summed E-state index contributed by atoms with van der Waals surface area (Å²) in [6.07, 6.45) is 0. The van der Waals surface area contributed by atoms with Crippen molar-refractivity contribution in [3.05, 3.63) is 65.2 Å². The van der Waals surface area contributed by atoms with Crippen molar-refractivity contribution >= 4 is 0 Å². The third kappa shape index (κ3) is 4.62. The maximum Gasteiger partial charge on any atom is 0.358 e. The number of hydrogen-bond acceptors (Lipinski definition) is 0. The number of aryl methyl sites for hydroxylation is 3. The van der Waals surface area contributed by atoms with Crippen molar-refractivity contribution < 1.29 is 25.3 Å². The summed E-state index contributed by atoms with van der Waals surface area (Å²) < 4.78 is 28.8. The Morgan fingerprint density at radius 3 is 1.54 bits per heavy atom. The summed E-state index contributed by atoms with van der Waals surface area (Å²) >= 11 is -0.672. The minimum absolute atomic E-state index is 0.294. The quantitative estimate of drug-likeness (QED) is 0.632. The van der Waals surface area contributed by atoms with Gasteiger partial charge in [0, 0.05) is 11.1 Å². The van der Waals surface area contributed by atoms with E-state index in [1.165, 1.54) is 20.3 Å². The predicted octanol–water partition coefficient (Wildman–Crippen LogP) is 3.34. The van der Waals surface area contributed by atoms with E-state index in [1.807, 2.05) is 0 Å². The zero-order valence-electron chi connectivity index (χ0n) is 19.5. The maximum absolute atomic E-state index is 8.91. The monoisotopic (exact) mass is 438 g/mol. The van der Waals surface area contributed by atoms with Crippen LogP contribution in [0.25, 0.3) is 0 Å². The third-order valence-corrected chi connectivity index (χ3v) is 7.31. The van der Waals surface area contributed by atoms with Gasteiger partial charge in [-0.25, -0.2) is 0 Å². The van der Waals surface area contributed by atoms with Crippen molar-refractivity contribution in [2.24, 2.45) is 0 Å². The number of rotatable bonds is 2. The van der Waals surface area contributed by atoms with Crippen LogP contribution in [0.4, 0.5) is 0 Å². The first-order valence-electron chi connectivity index (χ1n) is 10.0. The van der Waals surface area contributed by atoms with Crippen molar-refractivity contribution in [3.63, 3.8) is 0 Å². The highest BCUT2D eigenvalue weighted by Gasteiger charge is 2.27. The van der Waals surface area contributed by atoms with Gasteiger partial charge in [-0.15, -0.1) is 0 Å². The van der Waals surface area contributed by atoms with Crippen molar-refractivity contribution in [2.45, 2.75) is 73.1 Å². The highest BCUT2D eigenvalue weighted by atomic mass is 127. The predicted molar refractivity (Wildman–Crippen MR) is 102 cm³/mol. The number of benzene rings is 2. The van der Waals surface area contributed by atoms with E-state index in [4.69, 9.17) is 4.11 Å². The molecule has 0 radical (unpaired) electrons. The molecule has 0 N–H and O–H groups in total. The lowest BCUT2D eigenvalue weighted by molar-refractivity contribution is -0.598. The molecule has 0 bridgehead atoms. The van der Waals surface area contributed by atoms with Gasteiger partial charge in [-0.1, -0.05) is 65.3 Å². The maximum atomic E-state index is 8.91. The van der Waals surface area contributed by atoms with Gasteiger partial charge >= 0.3 is 21.2 Å². The SMILES string of the molecule is [2H]c1c([I+]c2c(C)cc(C)cc2C)c([2H])c(C(C)(C)C)c([2H])c1C(C)(C)C. The molecule has 0 fully saturated rings. The first kappa shape index (κ1) is 15.4. The Labute approximate surface area is 163 Å². The van der Waals surface area contributed by atoms with Gasteiger partial charge in [0.2, 0.25) is 0 Å². The van der Waals surface area contributed by atoms with Crippen LogP contribution in [0.15, 0.2) is 30.3 Å². The summed E-state index contributed by atoms with van der Waals surface area (Å²) in [6, 6.07) is 5.61. The fraction of sp³-hybridized carbons (Fsp3) is 0.478. The van der Waals surface area contributed by atoms with Gasteiger partial charge in [0.15, 0.2) is 7.14 Å². The van der Waals surface area contributed by atoms with Crippen LogP contribution in [0, 0.1) is 27.9 Å². The summed E-state index contributed by atoms with van der Waals surface area (Å²) in [4.78, 5) is 0. The smallest absolute Gasteiger partial charge is 0.0561 e. The van der Waals surface area contributed by atoms with Crippen LogP contribution in [-0.4, -0.2) is 0 Å². The number of hydrogen-bond donors (Lipinski definition) is 0. The van der Waals surface area contributed by atoms with Gasteiger partial charge in [-0.3, -0.25) is 0 Å². The van der Waals surface area contributed by atoms with Crippen molar-refractivity contribution in [3.8, 4) is 0 Å². The van der Waals surface area contributed by atoms with Crippen LogP contribution in [-0.2, 0) is 10.8 Å². The Hall–Kier alpha value is -0.830. The van der Waals surface area contributed by atoms with E-state index in [2.05, 4.69) is 74.4 Å². The molecule has 1 heteroatoms. The molecule has 0 aliphatic rings. The Balaban J connectivity index is 2.85. The third-order valence-electron chi connectivity index (χ3n) is 3.99. The van der Waals surface area contributed by atoms with Gasteiger partial charge in [0.1, 0.15) is 0 Å². The molecule has 2 aromatic rings. The zero-order chi connectivity index (χ0) is 20.9. The average Bonchev–Trinajstić information content (AvgIpc) is 2.41. The van der Waals surface area contributed by atoms with E-state index in [9.17, 15) is 0 Å². The summed E-state index contributed by atoms with van der Waals surface area (Å²) in [7, 11) is 0. The van der Waals surface area contributed by atoms with Gasteiger partial charge in [0.05, 0.1) is 4.11 Å². The van der Waals surface area contributed by atoms with Gasteiger partial charge < -0.3 is 0 Å². The molecule has 0 aromatic heterocycles. The van der Waals surface area contributed by atoms with Crippen LogP contribution < -0.4 is 21.2 Å². The summed E-state index contributed by atoms with van der Waals surface area (Å²) in [5.74, 6) is 0. The van der Waals surface area contributed by atoms with Gasteiger partial charge in [-0.05, 0) is 54.8 Å². The molecule has 0 amide bonds. The average molecular weight is 438 g/mol. The lowest BCUT2D eigenvalue weighted by Gasteiger charge is -2.24. The molecule has 0 unspecified atom stereocenters. The molecule has 2 aromatic carbocycles. The van der Waals surface area contributed by atoms with E-state index in [-0.39, 0.29) is 10.8 Å². The molecular weight excluding hydrogens is 403 g/mol. The van der Waals surface area contributed by atoms with Crippen LogP contribution >= 0.6 is 0 Å². The first-order chi connectivity index (χ1) is 12.2. The standard InChI is InChI=1S/C23H32I/c1-15-10-16(2)21(17(3)11-15)24-20-13-18(22(4,5)6)12-19(14-20)23(7,8)9/h10-14H,1-9H3/q+1/i12D,13D,14D. The molecule has 0 spiro atoms. The number of halogens is 1. The highest BCUT2D eigenvalue weighted by molar-refractivity contribution is 5.33. The van der Waals surface area contributed by atoms with Gasteiger partial charge in [-0.2, -0.15) is 0 Å². The molecular formula is C23H32I+. The van der Waals surface area contributed by atoms with E-state index in [1.54, 1.807) is 0 Å². The van der Waals surface area contributed by atoms with Crippen LogP contribution in [0.2, 0.25) is 0 Å². The normalized spacial score (nSPS) is 14.3. The van der Waals surface area contributed by atoms with E-state index in [0.29, 0.717) is 18.1 Å². The van der Waals surface area contributed by atoms with Crippen molar-refractivity contribution in [2.75, 3.05) is 0 Å². The topological polar surface area (TPSA) is 0 Å². The van der Waals surface area contributed by atoms with Gasteiger partial charge in [0.25, 0.3) is 0 Å². The summed E-state index contributed by atoms with van der Waals surface area (Å²) in [5.41, 5.74) is 4.73. The summed E-state index contributed by atoms with van der Waals surface area (Å²) in [6.45, 7) is 18.8. The molecule has 0 saturated heterocycles.